The van der Waals surface area contributed by atoms with Gasteiger partial charge in [-0.25, -0.2) is 0 Å². The summed E-state index contributed by atoms with van der Waals surface area (Å²) in [7, 11) is 0. The van der Waals surface area contributed by atoms with Crippen molar-refractivity contribution in [2.24, 2.45) is 0 Å². The van der Waals surface area contributed by atoms with Gasteiger partial charge in [-0.05, 0) is 82.4 Å². The van der Waals surface area contributed by atoms with Crippen molar-refractivity contribution < 1.29 is 4.74 Å². The predicted molar refractivity (Wildman–Crippen MR) is 216 cm³/mol. The quantitative estimate of drug-likeness (QED) is 0.183. The van der Waals surface area contributed by atoms with E-state index in [1.165, 1.54) is 82.7 Å². The first-order valence-corrected chi connectivity index (χ1v) is 17.9. The van der Waals surface area contributed by atoms with E-state index in [1.807, 2.05) is 6.07 Å². The Bertz CT molecular complexity index is 3020. The molecule has 0 aliphatic carbocycles. The van der Waals surface area contributed by atoms with Crippen LogP contribution in [-0.4, -0.2) is 9.13 Å². The second-order valence-electron chi connectivity index (χ2n) is 13.7. The molecule has 2 aromatic heterocycles. The monoisotopic (exact) mass is 664 g/mol. The second kappa shape index (κ2) is 11.3. The molecule has 10 aromatic rings. The number of rotatable bonds is 4. The minimum Gasteiger partial charge on any atom is -0.488 e. The van der Waals surface area contributed by atoms with E-state index in [-0.39, 0.29) is 0 Å². The fourth-order valence-corrected chi connectivity index (χ4v) is 8.45. The molecule has 0 bridgehead atoms. The van der Waals surface area contributed by atoms with Gasteiger partial charge < -0.3 is 13.9 Å². The van der Waals surface area contributed by atoms with Crippen molar-refractivity contribution in [2.45, 2.75) is 6.61 Å². The Labute approximate surface area is 301 Å². The second-order valence-corrected chi connectivity index (χ2v) is 13.7. The van der Waals surface area contributed by atoms with Crippen molar-refractivity contribution in [2.75, 3.05) is 0 Å². The summed E-state index contributed by atoms with van der Waals surface area (Å²) in [5.74, 6) is 0.935. The Kier molecular flexibility index (Phi) is 6.31. The summed E-state index contributed by atoms with van der Waals surface area (Å²) in [5.41, 5.74) is 15.5. The number of nitrogens with zero attached hydrogens (tertiary/aromatic N) is 2. The van der Waals surface area contributed by atoms with Crippen LogP contribution in [0.1, 0.15) is 5.56 Å². The Hall–Kier alpha value is -6.84. The van der Waals surface area contributed by atoms with Gasteiger partial charge in [0.2, 0.25) is 0 Å². The molecule has 0 atom stereocenters. The summed E-state index contributed by atoms with van der Waals surface area (Å²) >= 11 is 0. The molecule has 0 unspecified atom stereocenters. The molecule has 0 saturated heterocycles. The average molecular weight is 665 g/mol. The zero-order valence-corrected chi connectivity index (χ0v) is 28.3. The normalized spacial score (nSPS) is 12.3. The van der Waals surface area contributed by atoms with Crippen LogP contribution in [-0.2, 0) is 6.61 Å². The first-order chi connectivity index (χ1) is 25.8. The molecular weight excluding hydrogens is 633 g/mol. The SMILES string of the molecule is c1ccc(-c2cccc(-n3c4ccccc4c4ccc(-c5ccc6c(c5)c5ccccc5n6-c5cccc6c5-c5ccccc5OC6)cc43)c2)cc1. The molecule has 52 heavy (non-hydrogen) atoms. The Morgan fingerprint density at radius 1 is 0.385 bits per heavy atom. The number of fused-ring (bicyclic) bond motifs is 9. The zero-order valence-electron chi connectivity index (χ0n) is 28.3. The summed E-state index contributed by atoms with van der Waals surface area (Å²) in [6.07, 6.45) is 0. The minimum atomic E-state index is 0.567. The Morgan fingerprint density at radius 2 is 1.02 bits per heavy atom. The van der Waals surface area contributed by atoms with Crippen molar-refractivity contribution in [3.8, 4) is 50.5 Å². The van der Waals surface area contributed by atoms with Crippen molar-refractivity contribution in [3.63, 3.8) is 0 Å². The predicted octanol–water partition coefficient (Wildman–Crippen LogP) is 12.8. The van der Waals surface area contributed by atoms with Crippen LogP contribution in [0, 0.1) is 0 Å². The van der Waals surface area contributed by atoms with E-state index in [2.05, 4.69) is 185 Å². The average Bonchev–Trinajstić information content (AvgIpc) is 3.73. The van der Waals surface area contributed by atoms with Gasteiger partial charge in [0.1, 0.15) is 12.4 Å². The fourth-order valence-electron chi connectivity index (χ4n) is 8.45. The molecule has 11 rings (SSSR count). The van der Waals surface area contributed by atoms with Gasteiger partial charge >= 0.3 is 0 Å². The van der Waals surface area contributed by atoms with Crippen molar-refractivity contribution in [1.29, 1.82) is 0 Å². The summed E-state index contributed by atoms with van der Waals surface area (Å²) < 4.78 is 11.0. The number of para-hydroxylation sites is 3. The molecule has 3 heteroatoms. The van der Waals surface area contributed by atoms with Gasteiger partial charge in [0, 0.05) is 38.4 Å². The number of hydrogen-bond acceptors (Lipinski definition) is 1. The molecule has 1 aliphatic rings. The van der Waals surface area contributed by atoms with Gasteiger partial charge in [-0.1, -0.05) is 127 Å². The molecule has 0 radical (unpaired) electrons. The molecule has 0 saturated carbocycles. The smallest absolute Gasteiger partial charge is 0.127 e. The third-order valence-corrected chi connectivity index (χ3v) is 10.8. The number of ether oxygens (including phenoxy) is 1. The molecule has 0 spiro atoms. The van der Waals surface area contributed by atoms with Crippen LogP contribution in [0.3, 0.4) is 0 Å². The van der Waals surface area contributed by atoms with Crippen LogP contribution in [0.4, 0.5) is 0 Å². The maximum Gasteiger partial charge on any atom is 0.127 e. The topological polar surface area (TPSA) is 19.1 Å². The molecule has 1 aliphatic heterocycles. The maximum atomic E-state index is 6.16. The molecule has 244 valence electrons. The van der Waals surface area contributed by atoms with Crippen LogP contribution in [0.2, 0.25) is 0 Å². The van der Waals surface area contributed by atoms with Gasteiger partial charge in [-0.15, -0.1) is 0 Å². The number of aromatic nitrogens is 2. The lowest BCUT2D eigenvalue weighted by molar-refractivity contribution is 0.302. The summed E-state index contributed by atoms with van der Waals surface area (Å²) in [4.78, 5) is 0. The van der Waals surface area contributed by atoms with E-state index in [0.29, 0.717) is 6.61 Å². The summed E-state index contributed by atoms with van der Waals surface area (Å²) in [5, 5.41) is 4.98. The lowest BCUT2D eigenvalue weighted by atomic mass is 9.95. The number of benzene rings is 8. The van der Waals surface area contributed by atoms with Crippen LogP contribution in [0.15, 0.2) is 182 Å². The summed E-state index contributed by atoms with van der Waals surface area (Å²) in [6.45, 7) is 0.567. The van der Waals surface area contributed by atoms with Crippen LogP contribution >= 0.6 is 0 Å². The van der Waals surface area contributed by atoms with E-state index in [0.717, 1.165) is 17.0 Å². The molecular formula is C49H32N2O. The van der Waals surface area contributed by atoms with Crippen molar-refractivity contribution in [3.05, 3.63) is 188 Å². The Balaban J connectivity index is 1.11. The van der Waals surface area contributed by atoms with E-state index < -0.39 is 0 Å². The fraction of sp³-hybridized carbons (Fsp3) is 0.0204. The van der Waals surface area contributed by atoms with Crippen molar-refractivity contribution >= 4 is 43.6 Å². The standard InChI is InChI=1S/C49H32N2O/c1-2-12-32(13-3-1)33-14-10-16-37(28-33)50-43-20-7-4-17-38(43)40-26-24-35(30-47(40)50)34-25-27-45-42(29-34)39-18-5-8-21-44(39)51(45)46-22-11-15-36-31-52-48-23-9-6-19-41(48)49(36)46/h1-30H,31H2. The highest BCUT2D eigenvalue weighted by Crippen LogP contribution is 2.44. The largest absolute Gasteiger partial charge is 0.488 e. The summed E-state index contributed by atoms with van der Waals surface area (Å²) in [6, 6.07) is 66.0. The van der Waals surface area contributed by atoms with Crippen LogP contribution in [0.5, 0.6) is 5.75 Å². The van der Waals surface area contributed by atoms with Gasteiger partial charge in [-0.3, -0.25) is 0 Å². The molecule has 0 fully saturated rings. The van der Waals surface area contributed by atoms with Crippen LogP contribution in [0.25, 0.3) is 88.4 Å². The van der Waals surface area contributed by atoms with Gasteiger partial charge in [0.15, 0.2) is 0 Å². The van der Waals surface area contributed by atoms with Crippen LogP contribution < -0.4 is 4.74 Å². The first-order valence-electron chi connectivity index (χ1n) is 17.9. The highest BCUT2D eigenvalue weighted by molar-refractivity contribution is 6.13. The highest BCUT2D eigenvalue weighted by atomic mass is 16.5. The molecule has 3 nitrogen and oxygen atoms in total. The third kappa shape index (κ3) is 4.33. The van der Waals surface area contributed by atoms with Gasteiger partial charge in [0.25, 0.3) is 0 Å². The molecule has 3 heterocycles. The third-order valence-electron chi connectivity index (χ3n) is 10.8. The van der Waals surface area contributed by atoms with Crippen molar-refractivity contribution in [1.82, 2.24) is 9.13 Å². The number of hydrogen-bond donors (Lipinski definition) is 0. The molecule has 8 aromatic carbocycles. The zero-order chi connectivity index (χ0) is 34.2. The molecule has 0 amide bonds. The molecule has 0 N–H and O–H groups in total. The first kappa shape index (κ1) is 28.9. The van der Waals surface area contributed by atoms with E-state index in [4.69, 9.17) is 4.74 Å². The maximum absolute atomic E-state index is 6.16. The van der Waals surface area contributed by atoms with Gasteiger partial charge in [0.05, 0.1) is 27.8 Å². The highest BCUT2D eigenvalue weighted by Gasteiger charge is 2.23. The lowest BCUT2D eigenvalue weighted by Crippen LogP contribution is -2.08. The van der Waals surface area contributed by atoms with E-state index in [9.17, 15) is 0 Å². The van der Waals surface area contributed by atoms with E-state index in [1.54, 1.807) is 0 Å². The lowest BCUT2D eigenvalue weighted by Gasteiger charge is -2.24. The Morgan fingerprint density at radius 3 is 1.90 bits per heavy atom. The van der Waals surface area contributed by atoms with Gasteiger partial charge in [-0.2, -0.15) is 0 Å². The minimum absolute atomic E-state index is 0.567. The van der Waals surface area contributed by atoms with E-state index >= 15 is 0 Å².